The van der Waals surface area contributed by atoms with Gasteiger partial charge in [-0.3, -0.25) is 9.59 Å². The molecule has 1 saturated heterocycles. The molecule has 13 nitrogen and oxygen atoms in total. The standard InChI is InChI=1S/C24H26O13/c25-2-1-8(6-26)15-13(29)5-11-17(19(15)32)20(33)16-10(18(11)31)3-9(4-12(16)28)36-24-22(35)21(34)23(37-24)14(30)7-27/h3-5,8,14,21-30,32,34-35H,1-2,6-7H2/t8?,14-,21-,22-,23+,24-/m1/s1. The molecular weight excluding hydrogens is 496 g/mol. The molecular formula is C24H26O13. The summed E-state index contributed by atoms with van der Waals surface area (Å²) in [6, 6.07) is 2.94. The fraction of sp³-hybridized carbons (Fsp3) is 0.417. The molecule has 0 radical (unpaired) electrons. The molecule has 0 amide bonds. The van der Waals surface area contributed by atoms with Crippen LogP contribution in [0.25, 0.3) is 0 Å². The first kappa shape index (κ1) is 26.8. The molecule has 6 atom stereocenters. The van der Waals surface area contributed by atoms with Crippen LogP contribution in [0.2, 0.25) is 0 Å². The van der Waals surface area contributed by atoms with Gasteiger partial charge in [-0.1, -0.05) is 0 Å². The number of aliphatic hydroxyl groups excluding tert-OH is 6. The Balaban J connectivity index is 1.72. The second kappa shape index (κ2) is 10.2. The summed E-state index contributed by atoms with van der Waals surface area (Å²) in [6.45, 7) is -1.74. The van der Waals surface area contributed by atoms with Crippen LogP contribution in [0, 0.1) is 0 Å². The van der Waals surface area contributed by atoms with Crippen LogP contribution >= 0.6 is 0 Å². The molecule has 37 heavy (non-hydrogen) atoms. The van der Waals surface area contributed by atoms with Crippen molar-refractivity contribution in [2.24, 2.45) is 0 Å². The van der Waals surface area contributed by atoms with Gasteiger partial charge in [-0.2, -0.15) is 0 Å². The molecule has 0 bridgehead atoms. The van der Waals surface area contributed by atoms with Crippen LogP contribution in [0.3, 0.4) is 0 Å². The second-order valence-electron chi connectivity index (χ2n) is 8.81. The van der Waals surface area contributed by atoms with Crippen LogP contribution in [0.15, 0.2) is 18.2 Å². The molecule has 200 valence electrons. The number of aromatic hydroxyl groups is 3. The summed E-state index contributed by atoms with van der Waals surface area (Å²) in [6.07, 6.45) is -7.84. The van der Waals surface area contributed by atoms with Crippen molar-refractivity contribution in [2.45, 2.75) is 43.0 Å². The van der Waals surface area contributed by atoms with Gasteiger partial charge < -0.3 is 55.4 Å². The smallest absolute Gasteiger partial charge is 0.229 e. The number of hydrogen-bond donors (Lipinski definition) is 9. The Morgan fingerprint density at radius 1 is 0.865 bits per heavy atom. The van der Waals surface area contributed by atoms with Gasteiger partial charge in [0.25, 0.3) is 0 Å². The molecule has 9 N–H and O–H groups in total. The highest BCUT2D eigenvalue weighted by Crippen LogP contribution is 2.45. The fourth-order valence-electron chi connectivity index (χ4n) is 4.65. The summed E-state index contributed by atoms with van der Waals surface area (Å²) in [5.74, 6) is -5.10. The van der Waals surface area contributed by atoms with Gasteiger partial charge >= 0.3 is 0 Å². The number of phenolic OH excluding ortho intramolecular Hbond substituents is 3. The molecule has 2 aliphatic rings. The Labute approximate surface area is 209 Å². The maximum atomic E-state index is 13.3. The Hall–Kier alpha value is -3.30. The average molecular weight is 522 g/mol. The number of phenols is 3. The molecule has 1 aliphatic carbocycles. The third-order valence-corrected chi connectivity index (χ3v) is 6.53. The van der Waals surface area contributed by atoms with Crippen molar-refractivity contribution in [1.82, 2.24) is 0 Å². The van der Waals surface area contributed by atoms with Crippen molar-refractivity contribution >= 4 is 11.6 Å². The summed E-state index contributed by atoms with van der Waals surface area (Å²) in [5, 5.41) is 89.8. The van der Waals surface area contributed by atoms with Crippen LogP contribution in [0.1, 0.15) is 49.7 Å². The van der Waals surface area contributed by atoms with Gasteiger partial charge in [0.2, 0.25) is 12.1 Å². The van der Waals surface area contributed by atoms with Crippen molar-refractivity contribution < 1.29 is 65.0 Å². The topological polar surface area (TPSA) is 235 Å². The maximum absolute atomic E-state index is 13.3. The Morgan fingerprint density at radius 2 is 1.54 bits per heavy atom. The lowest BCUT2D eigenvalue weighted by Crippen LogP contribution is -2.40. The third-order valence-electron chi connectivity index (χ3n) is 6.53. The zero-order valence-electron chi connectivity index (χ0n) is 19.2. The van der Waals surface area contributed by atoms with Gasteiger partial charge in [-0.25, -0.2) is 0 Å². The minimum atomic E-state index is -1.67. The first-order valence-corrected chi connectivity index (χ1v) is 11.3. The molecule has 0 saturated carbocycles. The van der Waals surface area contributed by atoms with Gasteiger partial charge in [0.05, 0.1) is 24.3 Å². The molecule has 2 aromatic rings. The molecule has 0 aromatic heterocycles. The molecule has 1 unspecified atom stereocenters. The minimum Gasteiger partial charge on any atom is -0.507 e. The normalized spacial score (nSPS) is 24.5. The van der Waals surface area contributed by atoms with E-state index in [0.29, 0.717) is 0 Å². The van der Waals surface area contributed by atoms with E-state index in [-0.39, 0.29) is 28.9 Å². The third kappa shape index (κ3) is 4.40. The van der Waals surface area contributed by atoms with E-state index in [0.717, 1.165) is 18.2 Å². The monoisotopic (exact) mass is 522 g/mol. The van der Waals surface area contributed by atoms with Crippen molar-refractivity contribution in [2.75, 3.05) is 19.8 Å². The highest BCUT2D eigenvalue weighted by Gasteiger charge is 2.47. The number of benzene rings is 2. The van der Waals surface area contributed by atoms with Crippen LogP contribution < -0.4 is 4.74 Å². The van der Waals surface area contributed by atoms with Crippen molar-refractivity contribution in [3.05, 3.63) is 46.0 Å². The lowest BCUT2D eigenvalue weighted by Gasteiger charge is -2.25. The molecule has 1 aliphatic heterocycles. The van der Waals surface area contributed by atoms with E-state index in [1.54, 1.807) is 0 Å². The zero-order valence-corrected chi connectivity index (χ0v) is 19.2. The summed E-state index contributed by atoms with van der Waals surface area (Å²) in [7, 11) is 0. The average Bonchev–Trinajstić information content (AvgIpc) is 3.14. The number of fused-ring (bicyclic) bond motifs is 2. The number of ether oxygens (including phenoxy) is 2. The van der Waals surface area contributed by atoms with Crippen molar-refractivity contribution in [3.63, 3.8) is 0 Å². The van der Waals surface area contributed by atoms with Gasteiger partial charge in [-0.15, -0.1) is 0 Å². The number of aliphatic hydroxyl groups is 6. The number of hydrogen-bond acceptors (Lipinski definition) is 13. The molecule has 4 rings (SSSR count). The minimum absolute atomic E-state index is 0.0545. The van der Waals surface area contributed by atoms with Crippen LogP contribution in [0.5, 0.6) is 23.0 Å². The van der Waals surface area contributed by atoms with Gasteiger partial charge in [0.15, 0.2) is 5.78 Å². The van der Waals surface area contributed by atoms with E-state index >= 15 is 0 Å². The van der Waals surface area contributed by atoms with E-state index in [4.69, 9.17) is 14.6 Å². The summed E-state index contributed by atoms with van der Waals surface area (Å²) >= 11 is 0. The Kier molecular flexibility index (Phi) is 7.39. The Bertz CT molecular complexity index is 1230. The van der Waals surface area contributed by atoms with E-state index < -0.39 is 96.4 Å². The number of carbonyl (C=O) groups is 2. The summed E-state index contributed by atoms with van der Waals surface area (Å²) in [4.78, 5) is 26.5. The quantitative estimate of drug-likeness (QED) is 0.159. The highest BCUT2D eigenvalue weighted by atomic mass is 16.7. The SMILES string of the molecule is O=C1c2cc(O[C@@H]3O[C@@H]([C@H](O)CO)[C@H](O)[C@H]3O)cc(O)c2C(=O)c2c1cc(O)c(C(CO)CCO)c2O. The first-order chi connectivity index (χ1) is 17.5. The second-order valence-corrected chi connectivity index (χ2v) is 8.81. The predicted molar refractivity (Wildman–Crippen MR) is 121 cm³/mol. The summed E-state index contributed by atoms with van der Waals surface area (Å²) < 4.78 is 10.7. The van der Waals surface area contributed by atoms with Gasteiger partial charge in [0.1, 0.15) is 47.4 Å². The fourth-order valence-corrected chi connectivity index (χ4v) is 4.65. The summed E-state index contributed by atoms with van der Waals surface area (Å²) in [5.41, 5.74) is -1.93. The van der Waals surface area contributed by atoms with E-state index in [9.17, 15) is 50.4 Å². The number of rotatable bonds is 8. The molecule has 13 heteroatoms. The van der Waals surface area contributed by atoms with Crippen LogP contribution in [-0.2, 0) is 4.74 Å². The van der Waals surface area contributed by atoms with Crippen LogP contribution in [-0.4, -0.2) is 108 Å². The predicted octanol–water partition coefficient (Wildman–Crippen LogP) is -1.78. The number of ketones is 2. The Morgan fingerprint density at radius 3 is 2.16 bits per heavy atom. The number of carbonyl (C=O) groups excluding carboxylic acids is 2. The lowest BCUT2D eigenvalue weighted by atomic mass is 9.80. The van der Waals surface area contributed by atoms with E-state index in [2.05, 4.69) is 0 Å². The van der Waals surface area contributed by atoms with Gasteiger partial charge in [-0.05, 0) is 18.6 Å². The maximum Gasteiger partial charge on any atom is 0.229 e. The molecule has 0 spiro atoms. The largest absolute Gasteiger partial charge is 0.507 e. The first-order valence-electron chi connectivity index (χ1n) is 11.3. The molecule has 1 fully saturated rings. The van der Waals surface area contributed by atoms with E-state index in [1.165, 1.54) is 0 Å². The van der Waals surface area contributed by atoms with Crippen LogP contribution in [0.4, 0.5) is 0 Å². The lowest BCUT2D eigenvalue weighted by molar-refractivity contribution is -0.137. The van der Waals surface area contributed by atoms with E-state index in [1.807, 2.05) is 0 Å². The highest BCUT2D eigenvalue weighted by molar-refractivity contribution is 6.30. The molecule has 1 heterocycles. The van der Waals surface area contributed by atoms with Gasteiger partial charge in [0, 0.05) is 35.3 Å². The van der Waals surface area contributed by atoms with Crippen molar-refractivity contribution in [1.29, 1.82) is 0 Å². The zero-order chi connectivity index (χ0) is 27.2. The van der Waals surface area contributed by atoms with Crippen molar-refractivity contribution in [3.8, 4) is 23.0 Å². The molecule has 2 aromatic carbocycles.